The molecule has 6 nitrogen and oxygen atoms in total. The number of anilines is 1. The first-order chi connectivity index (χ1) is 16.1. The van der Waals surface area contributed by atoms with Gasteiger partial charge in [-0.05, 0) is 41.8 Å². The van der Waals surface area contributed by atoms with Gasteiger partial charge in [-0.2, -0.15) is 5.10 Å². The Morgan fingerprint density at radius 3 is 2.42 bits per heavy atom. The third kappa shape index (κ3) is 2.78. The molecule has 162 valence electrons. The predicted octanol–water partition coefficient (Wildman–Crippen LogP) is 3.58. The van der Waals surface area contributed by atoms with Gasteiger partial charge in [-0.3, -0.25) is 19.4 Å². The van der Waals surface area contributed by atoms with Gasteiger partial charge in [0.25, 0.3) is 0 Å². The van der Waals surface area contributed by atoms with E-state index in [-0.39, 0.29) is 17.3 Å². The highest BCUT2D eigenvalue weighted by Gasteiger charge is 2.64. The number of nitrogens with zero attached hydrogens (tertiary/aromatic N) is 3. The Morgan fingerprint density at radius 2 is 1.61 bits per heavy atom. The number of rotatable bonds is 3. The number of carbonyl (C=O) groups is 3. The number of carbonyl (C=O) groups excluding carboxylic acids is 3. The van der Waals surface area contributed by atoms with Gasteiger partial charge in [0.1, 0.15) is 11.9 Å². The van der Waals surface area contributed by atoms with Crippen molar-refractivity contribution in [3.05, 3.63) is 90.3 Å². The first-order valence-electron chi connectivity index (χ1n) is 10.7. The minimum Gasteiger partial charge on any atom is -0.292 e. The van der Waals surface area contributed by atoms with Crippen LogP contribution in [0, 0.1) is 17.7 Å². The smallest absolute Gasteiger partial charge is 0.240 e. The van der Waals surface area contributed by atoms with Gasteiger partial charge in [0, 0.05) is 17.2 Å². The Kier molecular flexibility index (Phi) is 4.26. The molecule has 0 N–H and O–H groups in total. The number of Topliss-reactive ketones (excluding diaryl/α,β-unsaturated/α-hetero) is 1. The number of amides is 2. The van der Waals surface area contributed by atoms with E-state index in [0.29, 0.717) is 5.69 Å². The van der Waals surface area contributed by atoms with Crippen LogP contribution in [0.3, 0.4) is 0 Å². The lowest BCUT2D eigenvalue weighted by molar-refractivity contribution is -0.123. The summed E-state index contributed by atoms with van der Waals surface area (Å²) in [6, 6.07) is 16.8. The van der Waals surface area contributed by atoms with Crippen LogP contribution in [0.15, 0.2) is 84.0 Å². The van der Waals surface area contributed by atoms with Gasteiger partial charge in [-0.25, -0.2) is 9.29 Å². The Morgan fingerprint density at radius 1 is 0.879 bits per heavy atom. The molecule has 4 atom stereocenters. The maximum atomic E-state index is 13.8. The number of hydrogen-bond donors (Lipinski definition) is 0. The summed E-state index contributed by atoms with van der Waals surface area (Å²) in [5, 5.41) is 7.59. The number of ketones is 1. The van der Waals surface area contributed by atoms with E-state index in [1.54, 1.807) is 29.4 Å². The summed E-state index contributed by atoms with van der Waals surface area (Å²) >= 11 is 0. The highest BCUT2D eigenvalue weighted by molar-refractivity contribution is 6.27. The molecule has 0 radical (unpaired) electrons. The van der Waals surface area contributed by atoms with E-state index in [2.05, 4.69) is 5.10 Å². The molecule has 0 spiro atoms. The van der Waals surface area contributed by atoms with Crippen molar-refractivity contribution in [1.29, 1.82) is 0 Å². The molecule has 0 bridgehead atoms. The second kappa shape index (κ2) is 7.20. The van der Waals surface area contributed by atoms with E-state index in [1.807, 2.05) is 36.4 Å². The fourth-order valence-corrected chi connectivity index (χ4v) is 5.26. The fraction of sp³-hybridized carbons (Fsp3) is 0.154. The summed E-state index contributed by atoms with van der Waals surface area (Å²) in [7, 11) is 0. The minimum atomic E-state index is -0.955. The van der Waals surface area contributed by atoms with Crippen LogP contribution in [0.1, 0.15) is 10.4 Å². The molecule has 3 aromatic rings. The third-order valence-corrected chi connectivity index (χ3v) is 6.70. The summed E-state index contributed by atoms with van der Waals surface area (Å²) in [6.45, 7) is 0. The van der Waals surface area contributed by atoms with Crippen LogP contribution in [0.2, 0.25) is 0 Å². The molecule has 3 heterocycles. The SMILES string of the molecule is O=C(c1ccc(F)cc1)C1C2C(=O)N(c3cccc4ccccc34)C(=O)C2C2C=CC=NN21. The van der Waals surface area contributed by atoms with Gasteiger partial charge < -0.3 is 0 Å². The van der Waals surface area contributed by atoms with Gasteiger partial charge in [-0.15, -0.1) is 0 Å². The van der Waals surface area contributed by atoms with Crippen molar-refractivity contribution >= 4 is 40.3 Å². The lowest BCUT2D eigenvalue weighted by Crippen LogP contribution is -2.46. The largest absolute Gasteiger partial charge is 0.292 e. The van der Waals surface area contributed by atoms with E-state index in [1.165, 1.54) is 29.2 Å². The Bertz CT molecular complexity index is 1380. The number of benzene rings is 3. The van der Waals surface area contributed by atoms with Crippen molar-refractivity contribution in [2.75, 3.05) is 4.90 Å². The van der Waals surface area contributed by atoms with Crippen molar-refractivity contribution in [3.63, 3.8) is 0 Å². The molecule has 3 aliphatic heterocycles. The highest BCUT2D eigenvalue weighted by atomic mass is 19.1. The zero-order valence-corrected chi connectivity index (χ0v) is 17.3. The molecular formula is C26H18FN3O3. The van der Waals surface area contributed by atoms with Crippen LogP contribution < -0.4 is 4.90 Å². The average molecular weight is 439 g/mol. The molecule has 2 amide bonds. The normalized spacial score (nSPS) is 25.6. The molecule has 0 saturated carbocycles. The standard InChI is InChI=1S/C26H18FN3O3/c27-17-12-10-16(11-13-17)24(31)23-22-21(20-9-4-14-28-30(20)23)25(32)29(26(22)33)19-8-3-6-15-5-1-2-7-18(15)19/h1-14,20-23H. The summed E-state index contributed by atoms with van der Waals surface area (Å²) < 4.78 is 13.4. The molecule has 7 heteroatoms. The quantitative estimate of drug-likeness (QED) is 0.462. The molecule has 3 aliphatic rings. The van der Waals surface area contributed by atoms with E-state index in [0.717, 1.165) is 10.8 Å². The number of allylic oxidation sites excluding steroid dienone is 1. The molecular weight excluding hydrogens is 421 g/mol. The zero-order valence-electron chi connectivity index (χ0n) is 17.3. The molecule has 4 unspecified atom stereocenters. The molecule has 3 aromatic carbocycles. The van der Waals surface area contributed by atoms with Crippen LogP contribution in [0.25, 0.3) is 10.8 Å². The van der Waals surface area contributed by atoms with Gasteiger partial charge in [-0.1, -0.05) is 42.5 Å². The van der Waals surface area contributed by atoms with Crippen molar-refractivity contribution in [2.45, 2.75) is 12.1 Å². The van der Waals surface area contributed by atoms with Crippen molar-refractivity contribution in [3.8, 4) is 0 Å². The number of fused-ring (bicyclic) bond motifs is 4. The van der Waals surface area contributed by atoms with Crippen molar-refractivity contribution in [1.82, 2.24) is 5.01 Å². The third-order valence-electron chi connectivity index (χ3n) is 6.70. The lowest BCUT2D eigenvalue weighted by Gasteiger charge is -2.30. The fourth-order valence-electron chi connectivity index (χ4n) is 5.26. The summed E-state index contributed by atoms with van der Waals surface area (Å²) in [5.74, 6) is -3.20. The second-order valence-electron chi connectivity index (χ2n) is 8.40. The Balaban J connectivity index is 1.46. The number of hydrogen-bond acceptors (Lipinski definition) is 5. The van der Waals surface area contributed by atoms with E-state index in [9.17, 15) is 18.8 Å². The highest BCUT2D eigenvalue weighted by Crippen LogP contribution is 2.47. The van der Waals surface area contributed by atoms with E-state index in [4.69, 9.17) is 0 Å². The van der Waals surface area contributed by atoms with Crippen LogP contribution >= 0.6 is 0 Å². The first-order valence-corrected chi connectivity index (χ1v) is 10.7. The zero-order chi connectivity index (χ0) is 22.7. The molecule has 0 aromatic heterocycles. The Labute approximate surface area is 188 Å². The summed E-state index contributed by atoms with van der Waals surface area (Å²) in [4.78, 5) is 42.2. The monoisotopic (exact) mass is 439 g/mol. The topological polar surface area (TPSA) is 70.0 Å². The molecule has 33 heavy (non-hydrogen) atoms. The summed E-state index contributed by atoms with van der Waals surface area (Å²) in [5.41, 5.74) is 0.787. The van der Waals surface area contributed by atoms with Crippen LogP contribution in [0.4, 0.5) is 10.1 Å². The van der Waals surface area contributed by atoms with Gasteiger partial charge >= 0.3 is 0 Å². The van der Waals surface area contributed by atoms with Gasteiger partial charge in [0.15, 0.2) is 5.78 Å². The van der Waals surface area contributed by atoms with E-state index >= 15 is 0 Å². The first kappa shape index (κ1) is 19.5. The predicted molar refractivity (Wildman–Crippen MR) is 121 cm³/mol. The molecule has 2 saturated heterocycles. The molecule has 6 rings (SSSR count). The molecule has 0 aliphatic carbocycles. The Hall–Kier alpha value is -4.13. The van der Waals surface area contributed by atoms with Gasteiger partial charge in [0.2, 0.25) is 11.8 Å². The van der Waals surface area contributed by atoms with Crippen LogP contribution in [-0.4, -0.2) is 40.9 Å². The molecule has 2 fully saturated rings. The van der Waals surface area contributed by atoms with Crippen molar-refractivity contribution < 1.29 is 18.8 Å². The lowest BCUT2D eigenvalue weighted by atomic mass is 9.86. The van der Waals surface area contributed by atoms with E-state index < -0.39 is 35.6 Å². The van der Waals surface area contributed by atoms with Crippen LogP contribution in [-0.2, 0) is 9.59 Å². The number of hydrazone groups is 1. The minimum absolute atomic E-state index is 0.273. The summed E-state index contributed by atoms with van der Waals surface area (Å²) in [6.07, 6.45) is 5.07. The second-order valence-corrected chi connectivity index (χ2v) is 8.40. The maximum absolute atomic E-state index is 13.8. The van der Waals surface area contributed by atoms with Crippen LogP contribution in [0.5, 0.6) is 0 Å². The van der Waals surface area contributed by atoms with Crippen molar-refractivity contribution in [2.24, 2.45) is 16.9 Å². The van der Waals surface area contributed by atoms with Gasteiger partial charge in [0.05, 0.1) is 23.6 Å². The maximum Gasteiger partial charge on any atom is 0.240 e. The number of halogens is 1. The average Bonchev–Trinajstić information content (AvgIpc) is 3.31. The number of imide groups is 1.